The molecule has 0 amide bonds. The molecule has 2 aromatic carbocycles. The summed E-state index contributed by atoms with van der Waals surface area (Å²) in [7, 11) is -2.44. The SMILES string of the molecule is CO[C@@H](C(C)C)[C@@H](C)C1C=CC([C@@H](C)COCc2ccccc2)C(S(=O)(=O)c2ccccc2)C1[N+](=O)[O-]. The molecule has 0 radical (unpaired) electrons. The third-order valence-electron chi connectivity index (χ3n) is 7.54. The van der Waals surface area contributed by atoms with E-state index in [0.717, 1.165) is 5.56 Å². The Labute approximate surface area is 221 Å². The van der Waals surface area contributed by atoms with E-state index in [1.165, 1.54) is 12.1 Å². The number of rotatable bonds is 12. The number of nitrogens with zero attached hydrogens (tertiary/aromatic N) is 1. The Morgan fingerprint density at radius 3 is 2.03 bits per heavy atom. The molecule has 0 saturated heterocycles. The summed E-state index contributed by atoms with van der Waals surface area (Å²) in [5.74, 6) is -1.58. The zero-order valence-corrected chi connectivity index (χ0v) is 23.1. The molecule has 3 rings (SSSR count). The first-order valence-corrected chi connectivity index (χ1v) is 14.4. The van der Waals surface area contributed by atoms with Gasteiger partial charge in [-0.25, -0.2) is 8.42 Å². The number of benzene rings is 2. The molecule has 2 aromatic rings. The minimum atomic E-state index is -4.04. The third-order valence-corrected chi connectivity index (χ3v) is 9.78. The van der Waals surface area contributed by atoms with E-state index in [-0.39, 0.29) is 35.4 Å². The predicted molar refractivity (Wildman–Crippen MR) is 144 cm³/mol. The van der Waals surface area contributed by atoms with Gasteiger partial charge in [0, 0.05) is 18.0 Å². The van der Waals surface area contributed by atoms with Crippen molar-refractivity contribution < 1.29 is 22.8 Å². The Balaban J connectivity index is 1.99. The summed E-state index contributed by atoms with van der Waals surface area (Å²) in [5, 5.41) is 11.4. The lowest BCUT2D eigenvalue weighted by molar-refractivity contribution is -0.533. The number of nitro groups is 1. The molecule has 1 aliphatic carbocycles. The summed E-state index contributed by atoms with van der Waals surface area (Å²) in [6, 6.07) is 16.5. The third kappa shape index (κ3) is 6.67. The Morgan fingerprint density at radius 2 is 1.49 bits per heavy atom. The molecule has 0 heterocycles. The highest BCUT2D eigenvalue weighted by atomic mass is 32.2. The van der Waals surface area contributed by atoms with Gasteiger partial charge >= 0.3 is 0 Å². The molecule has 8 heteroatoms. The largest absolute Gasteiger partial charge is 0.381 e. The van der Waals surface area contributed by atoms with E-state index in [9.17, 15) is 18.5 Å². The summed E-state index contributed by atoms with van der Waals surface area (Å²) in [6.07, 6.45) is 3.47. The highest BCUT2D eigenvalue weighted by Gasteiger charge is 2.55. The normalized spacial score (nSPS) is 24.5. The molecular formula is C29H39NO6S. The highest BCUT2D eigenvalue weighted by molar-refractivity contribution is 7.92. The van der Waals surface area contributed by atoms with Gasteiger partial charge in [0.15, 0.2) is 9.84 Å². The van der Waals surface area contributed by atoms with Crippen molar-refractivity contribution in [1.29, 1.82) is 0 Å². The van der Waals surface area contributed by atoms with Crippen LogP contribution in [0.5, 0.6) is 0 Å². The smallest absolute Gasteiger partial charge is 0.237 e. The molecule has 0 spiro atoms. The van der Waals surface area contributed by atoms with Gasteiger partial charge in [0.2, 0.25) is 6.04 Å². The molecular weight excluding hydrogens is 490 g/mol. The van der Waals surface area contributed by atoms with Crippen molar-refractivity contribution >= 4 is 9.84 Å². The lowest BCUT2D eigenvalue weighted by Gasteiger charge is -2.40. The average Bonchev–Trinajstić information content (AvgIpc) is 2.88. The van der Waals surface area contributed by atoms with E-state index in [2.05, 4.69) is 0 Å². The maximum absolute atomic E-state index is 14.0. The number of methoxy groups -OCH3 is 1. The van der Waals surface area contributed by atoms with Crippen LogP contribution in [0.3, 0.4) is 0 Å². The van der Waals surface area contributed by atoms with Gasteiger partial charge in [-0.15, -0.1) is 0 Å². The summed E-state index contributed by atoms with van der Waals surface area (Å²) >= 11 is 0. The summed E-state index contributed by atoms with van der Waals surface area (Å²) in [6.45, 7) is 8.50. The van der Waals surface area contributed by atoms with Crippen LogP contribution in [-0.2, 0) is 25.9 Å². The van der Waals surface area contributed by atoms with Crippen molar-refractivity contribution in [1.82, 2.24) is 0 Å². The number of hydrogen-bond acceptors (Lipinski definition) is 6. The molecule has 0 fully saturated rings. The monoisotopic (exact) mass is 529 g/mol. The fourth-order valence-electron chi connectivity index (χ4n) is 5.71. The van der Waals surface area contributed by atoms with Crippen molar-refractivity contribution in [3.63, 3.8) is 0 Å². The van der Waals surface area contributed by atoms with Crippen molar-refractivity contribution in [2.24, 2.45) is 29.6 Å². The Kier molecular flexibility index (Phi) is 10.0. The van der Waals surface area contributed by atoms with Crippen molar-refractivity contribution in [3.8, 4) is 0 Å². The first kappa shape index (κ1) is 29.0. The molecule has 202 valence electrons. The molecule has 7 atom stereocenters. The molecule has 0 bridgehead atoms. The average molecular weight is 530 g/mol. The molecule has 1 aliphatic rings. The van der Waals surface area contributed by atoms with Crippen LogP contribution in [0.4, 0.5) is 0 Å². The van der Waals surface area contributed by atoms with Gasteiger partial charge in [-0.05, 0) is 35.4 Å². The molecule has 0 aliphatic heterocycles. The maximum Gasteiger partial charge on any atom is 0.237 e. The Hall–Kier alpha value is -2.55. The number of ether oxygens (including phenoxy) is 2. The van der Waals surface area contributed by atoms with E-state index in [0.29, 0.717) is 6.61 Å². The van der Waals surface area contributed by atoms with Crippen LogP contribution < -0.4 is 0 Å². The van der Waals surface area contributed by atoms with Gasteiger partial charge in [0.1, 0.15) is 5.25 Å². The second-order valence-electron chi connectivity index (χ2n) is 10.4. The second kappa shape index (κ2) is 12.8. The van der Waals surface area contributed by atoms with Crippen LogP contribution >= 0.6 is 0 Å². The first-order valence-electron chi connectivity index (χ1n) is 12.8. The molecule has 7 nitrogen and oxygen atoms in total. The van der Waals surface area contributed by atoms with Crippen LogP contribution in [0.15, 0.2) is 77.7 Å². The molecule has 4 unspecified atom stereocenters. The van der Waals surface area contributed by atoms with Gasteiger partial charge in [-0.1, -0.05) is 88.4 Å². The number of hydrogen-bond donors (Lipinski definition) is 0. The lowest BCUT2D eigenvalue weighted by Crippen LogP contribution is -2.54. The van der Waals surface area contributed by atoms with Gasteiger partial charge in [0.05, 0.1) is 30.1 Å². The van der Waals surface area contributed by atoms with Crippen LogP contribution in [0.1, 0.15) is 33.3 Å². The maximum atomic E-state index is 14.0. The molecule has 37 heavy (non-hydrogen) atoms. The Bertz CT molecular complexity index is 1140. The Morgan fingerprint density at radius 1 is 0.919 bits per heavy atom. The van der Waals surface area contributed by atoms with E-state index in [1.54, 1.807) is 25.3 Å². The fourth-order valence-corrected chi connectivity index (χ4v) is 7.98. The number of allylic oxidation sites excluding steroid dienone is 1. The second-order valence-corrected chi connectivity index (χ2v) is 12.5. The summed E-state index contributed by atoms with van der Waals surface area (Å²) in [4.78, 5) is 12.3. The predicted octanol–water partition coefficient (Wildman–Crippen LogP) is 5.44. The minimum Gasteiger partial charge on any atom is -0.381 e. The van der Waals surface area contributed by atoms with Crippen LogP contribution in [0.2, 0.25) is 0 Å². The van der Waals surface area contributed by atoms with E-state index in [1.807, 2.05) is 70.2 Å². The first-order chi connectivity index (χ1) is 17.6. The van der Waals surface area contributed by atoms with Crippen LogP contribution in [-0.4, -0.2) is 44.5 Å². The van der Waals surface area contributed by atoms with Crippen molar-refractivity contribution in [3.05, 3.63) is 88.5 Å². The van der Waals surface area contributed by atoms with E-state index >= 15 is 0 Å². The zero-order valence-electron chi connectivity index (χ0n) is 22.3. The molecule has 0 saturated carbocycles. The number of sulfone groups is 1. The summed E-state index contributed by atoms with van der Waals surface area (Å²) < 4.78 is 39.7. The van der Waals surface area contributed by atoms with E-state index < -0.39 is 37.9 Å². The van der Waals surface area contributed by atoms with E-state index in [4.69, 9.17) is 9.47 Å². The van der Waals surface area contributed by atoms with Gasteiger partial charge in [0.25, 0.3) is 0 Å². The topological polar surface area (TPSA) is 95.7 Å². The fraction of sp³-hybridized carbons (Fsp3) is 0.517. The standard InChI is InChI=1S/C29H39NO6S/c1-20(2)28(35-5)22(4)26-17-16-25(21(3)18-36-19-23-12-8-6-9-13-23)29(27(26)30(31)32)37(33,34)24-14-10-7-11-15-24/h6-17,20-22,25-29H,18-19H2,1-5H3/t21-,22-,25?,26?,27?,28-,29?/m0/s1. The zero-order chi connectivity index (χ0) is 27.2. The van der Waals surface area contributed by atoms with Crippen LogP contribution in [0.25, 0.3) is 0 Å². The van der Waals surface area contributed by atoms with Crippen molar-refractivity contribution in [2.45, 2.75) is 56.6 Å². The van der Waals surface area contributed by atoms with Gasteiger partial charge in [-0.2, -0.15) is 0 Å². The minimum absolute atomic E-state index is 0.100. The van der Waals surface area contributed by atoms with Gasteiger partial charge < -0.3 is 9.47 Å². The molecule has 0 aromatic heterocycles. The quantitative estimate of drug-likeness (QED) is 0.206. The van der Waals surface area contributed by atoms with Crippen molar-refractivity contribution in [2.75, 3.05) is 13.7 Å². The summed E-state index contributed by atoms with van der Waals surface area (Å²) in [5.41, 5.74) is 1.01. The van der Waals surface area contributed by atoms with Crippen LogP contribution in [0, 0.1) is 39.7 Å². The molecule has 0 N–H and O–H groups in total. The highest BCUT2D eigenvalue weighted by Crippen LogP contribution is 2.41. The lowest BCUT2D eigenvalue weighted by atomic mass is 9.71. The van der Waals surface area contributed by atoms with Gasteiger partial charge in [-0.3, -0.25) is 10.1 Å².